The molecule has 39 heavy (non-hydrogen) atoms. The molecular weight excluding hydrogens is 510 g/mol. The third kappa shape index (κ3) is 6.50. The normalized spacial score (nSPS) is 18.3. The van der Waals surface area contributed by atoms with Crippen LogP contribution in [0.15, 0.2) is 76.6 Å². The van der Waals surface area contributed by atoms with Gasteiger partial charge in [-0.05, 0) is 74.0 Å². The van der Waals surface area contributed by atoms with Gasteiger partial charge in [-0.3, -0.25) is 29.5 Å². The summed E-state index contributed by atoms with van der Waals surface area (Å²) in [6.45, 7) is 8.76. The lowest BCUT2D eigenvalue weighted by atomic mass is 10.2. The fourth-order valence-corrected chi connectivity index (χ4v) is 5.70. The molecule has 0 atom stereocenters. The van der Waals surface area contributed by atoms with E-state index in [1.54, 1.807) is 21.7 Å². The van der Waals surface area contributed by atoms with Gasteiger partial charge in [-0.25, -0.2) is 4.99 Å². The van der Waals surface area contributed by atoms with E-state index >= 15 is 0 Å². The first-order valence-electron chi connectivity index (χ1n) is 13.2. The molecule has 0 spiro atoms. The number of hydrogen-bond acceptors (Lipinski definition) is 6. The molecule has 8 nitrogen and oxygen atoms in total. The number of carbonyl (C=O) groups is 2. The predicted octanol–water partition coefficient (Wildman–Crippen LogP) is 4.82. The van der Waals surface area contributed by atoms with Crippen LogP contribution in [0.5, 0.6) is 0 Å². The SMILES string of the molecule is Cc1cc(/C=C2\SC(=Nc3ccccc3)N(CCCN3CCOCC3)C2=O)c(C)n1NC(=O)c1ccccc1. The van der Waals surface area contributed by atoms with Crippen LogP contribution in [0.1, 0.15) is 33.7 Å². The Morgan fingerprint density at radius 3 is 2.44 bits per heavy atom. The van der Waals surface area contributed by atoms with Crippen LogP contribution >= 0.6 is 11.8 Å². The van der Waals surface area contributed by atoms with Gasteiger partial charge in [0.05, 0.1) is 23.8 Å². The van der Waals surface area contributed by atoms with Crippen molar-refractivity contribution >= 4 is 40.5 Å². The lowest BCUT2D eigenvalue weighted by Gasteiger charge is -2.27. The Kier molecular flexibility index (Phi) is 8.61. The third-order valence-corrected chi connectivity index (χ3v) is 7.84. The molecule has 0 unspecified atom stereocenters. The molecule has 1 aromatic heterocycles. The van der Waals surface area contributed by atoms with Gasteiger partial charge < -0.3 is 4.74 Å². The highest BCUT2D eigenvalue weighted by molar-refractivity contribution is 8.18. The number of rotatable bonds is 8. The van der Waals surface area contributed by atoms with Gasteiger partial charge in [0.2, 0.25) is 0 Å². The number of nitrogens with zero attached hydrogens (tertiary/aromatic N) is 4. The highest BCUT2D eigenvalue weighted by atomic mass is 32.2. The molecule has 2 fully saturated rings. The Morgan fingerprint density at radius 2 is 1.72 bits per heavy atom. The molecule has 2 saturated heterocycles. The summed E-state index contributed by atoms with van der Waals surface area (Å²) >= 11 is 1.39. The molecule has 9 heteroatoms. The fourth-order valence-electron chi connectivity index (χ4n) is 4.68. The second kappa shape index (κ2) is 12.5. The van der Waals surface area contributed by atoms with Crippen molar-refractivity contribution in [2.75, 3.05) is 44.8 Å². The standard InChI is InChI=1S/C30H33N5O3S/c1-22-20-25(23(2)35(22)32-28(36)24-10-5-3-6-11-24)21-27-29(37)34(15-9-14-33-16-18-38-19-17-33)30(39-27)31-26-12-7-4-8-13-26/h3-8,10-13,20-21H,9,14-19H2,1-2H3,(H,32,36)/b27-21-,31-30?. The number of hydrogen-bond donors (Lipinski definition) is 1. The second-order valence-electron chi connectivity index (χ2n) is 9.57. The van der Waals surface area contributed by atoms with Gasteiger partial charge >= 0.3 is 0 Å². The Labute approximate surface area is 233 Å². The van der Waals surface area contributed by atoms with Crippen molar-refractivity contribution in [1.82, 2.24) is 14.5 Å². The van der Waals surface area contributed by atoms with Crippen molar-refractivity contribution in [3.63, 3.8) is 0 Å². The number of amides is 2. The maximum atomic E-state index is 13.6. The number of carbonyl (C=O) groups excluding carboxylic acids is 2. The first kappa shape index (κ1) is 26.9. The Balaban J connectivity index is 1.36. The number of aryl methyl sites for hydroxylation is 1. The van der Waals surface area contributed by atoms with E-state index in [2.05, 4.69) is 10.3 Å². The zero-order valence-electron chi connectivity index (χ0n) is 22.3. The number of thioether (sulfide) groups is 1. The van der Waals surface area contributed by atoms with Crippen LogP contribution in [0, 0.1) is 13.8 Å². The molecule has 2 amide bonds. The number of aliphatic imine (C=N–C) groups is 1. The average Bonchev–Trinajstić information content (AvgIpc) is 3.39. The molecule has 0 saturated carbocycles. The third-order valence-electron chi connectivity index (χ3n) is 6.83. The second-order valence-corrected chi connectivity index (χ2v) is 10.6. The summed E-state index contributed by atoms with van der Waals surface area (Å²) in [6, 6.07) is 20.8. The van der Waals surface area contributed by atoms with Crippen molar-refractivity contribution in [3.8, 4) is 0 Å². The summed E-state index contributed by atoms with van der Waals surface area (Å²) < 4.78 is 7.22. The summed E-state index contributed by atoms with van der Waals surface area (Å²) in [5, 5.41) is 0.686. The molecule has 0 bridgehead atoms. The number of ether oxygens (including phenoxy) is 1. The highest BCUT2D eigenvalue weighted by Gasteiger charge is 2.33. The average molecular weight is 544 g/mol. The number of aromatic nitrogens is 1. The van der Waals surface area contributed by atoms with Gasteiger partial charge in [0.1, 0.15) is 0 Å². The highest BCUT2D eigenvalue weighted by Crippen LogP contribution is 2.35. The largest absolute Gasteiger partial charge is 0.379 e. The summed E-state index contributed by atoms with van der Waals surface area (Å²) in [5.41, 5.74) is 6.97. The van der Waals surface area contributed by atoms with Crippen molar-refractivity contribution in [1.29, 1.82) is 0 Å². The molecule has 202 valence electrons. The molecule has 2 aliphatic rings. The molecule has 3 aromatic rings. The van der Waals surface area contributed by atoms with E-state index in [0.717, 1.165) is 61.9 Å². The monoisotopic (exact) mass is 543 g/mol. The lowest BCUT2D eigenvalue weighted by Crippen LogP contribution is -2.38. The number of nitrogens with one attached hydrogen (secondary N) is 1. The summed E-state index contributed by atoms with van der Waals surface area (Å²) in [6.07, 6.45) is 2.76. The Hall–Kier alpha value is -3.66. The van der Waals surface area contributed by atoms with Crippen LogP contribution in [0.2, 0.25) is 0 Å². The van der Waals surface area contributed by atoms with Crippen LogP contribution in [0.25, 0.3) is 6.08 Å². The first-order chi connectivity index (χ1) is 19.0. The lowest BCUT2D eigenvalue weighted by molar-refractivity contribution is -0.122. The van der Waals surface area contributed by atoms with Gasteiger partial charge in [0, 0.05) is 43.1 Å². The van der Waals surface area contributed by atoms with Gasteiger partial charge in [-0.1, -0.05) is 36.4 Å². The van der Waals surface area contributed by atoms with Crippen molar-refractivity contribution in [3.05, 3.63) is 94.1 Å². The Bertz CT molecular complexity index is 1380. The Morgan fingerprint density at radius 1 is 1.03 bits per heavy atom. The van der Waals surface area contributed by atoms with E-state index in [-0.39, 0.29) is 11.8 Å². The van der Waals surface area contributed by atoms with Crippen molar-refractivity contribution < 1.29 is 14.3 Å². The zero-order chi connectivity index (χ0) is 27.2. The first-order valence-corrected chi connectivity index (χ1v) is 14.0. The van der Waals surface area contributed by atoms with Crippen LogP contribution in [0.3, 0.4) is 0 Å². The topological polar surface area (TPSA) is 79.2 Å². The molecule has 2 aromatic carbocycles. The van der Waals surface area contributed by atoms with Gasteiger partial charge in [-0.15, -0.1) is 0 Å². The van der Waals surface area contributed by atoms with E-state index in [9.17, 15) is 9.59 Å². The molecule has 5 rings (SSSR count). The van der Waals surface area contributed by atoms with Gasteiger partial charge in [-0.2, -0.15) is 0 Å². The maximum absolute atomic E-state index is 13.6. The minimum Gasteiger partial charge on any atom is -0.379 e. The van der Waals surface area contributed by atoms with E-state index in [1.165, 1.54) is 11.8 Å². The number of amidine groups is 1. The fraction of sp³-hybridized carbons (Fsp3) is 0.300. The molecule has 0 radical (unpaired) electrons. The van der Waals surface area contributed by atoms with E-state index in [1.807, 2.05) is 74.5 Å². The molecule has 1 N–H and O–H groups in total. The van der Waals surface area contributed by atoms with E-state index in [4.69, 9.17) is 9.73 Å². The van der Waals surface area contributed by atoms with Gasteiger partial charge in [0.15, 0.2) is 5.17 Å². The minimum absolute atomic E-state index is 0.0465. The summed E-state index contributed by atoms with van der Waals surface area (Å²) in [4.78, 5) is 36.0. The maximum Gasteiger partial charge on any atom is 0.270 e. The molecule has 2 aliphatic heterocycles. The summed E-state index contributed by atoms with van der Waals surface area (Å²) in [5.74, 6) is -0.235. The van der Waals surface area contributed by atoms with E-state index < -0.39 is 0 Å². The van der Waals surface area contributed by atoms with E-state index in [0.29, 0.717) is 22.2 Å². The van der Waals surface area contributed by atoms with Crippen LogP contribution in [-0.4, -0.2) is 70.9 Å². The predicted molar refractivity (Wildman–Crippen MR) is 157 cm³/mol. The smallest absolute Gasteiger partial charge is 0.270 e. The number of benzene rings is 2. The van der Waals surface area contributed by atoms with Crippen LogP contribution in [-0.2, 0) is 9.53 Å². The van der Waals surface area contributed by atoms with Crippen LogP contribution in [0.4, 0.5) is 5.69 Å². The number of para-hydroxylation sites is 1. The van der Waals surface area contributed by atoms with Gasteiger partial charge in [0.25, 0.3) is 11.8 Å². The molecule has 3 heterocycles. The van der Waals surface area contributed by atoms with Crippen LogP contribution < -0.4 is 5.43 Å². The zero-order valence-corrected chi connectivity index (χ0v) is 23.1. The number of morpholine rings is 1. The minimum atomic E-state index is -0.188. The van der Waals surface area contributed by atoms with Crippen molar-refractivity contribution in [2.45, 2.75) is 20.3 Å². The van der Waals surface area contributed by atoms with Crippen molar-refractivity contribution in [2.24, 2.45) is 4.99 Å². The summed E-state index contributed by atoms with van der Waals surface area (Å²) in [7, 11) is 0. The molecule has 0 aliphatic carbocycles. The molecular formula is C30H33N5O3S. The quantitative estimate of drug-likeness (QED) is 0.413.